The average Bonchev–Trinajstić information content (AvgIpc) is 2.67. The molecule has 2 heterocycles. The monoisotopic (exact) mass is 404 g/mol. The maximum Gasteiger partial charge on any atom is 0.414 e. The summed E-state index contributed by atoms with van der Waals surface area (Å²) < 4.78 is 9.32. The second-order valence-corrected chi connectivity index (χ2v) is 7.05. The second kappa shape index (κ2) is 13.9. The number of hydrogen-bond donors (Lipinski definition) is 4. The lowest BCUT2D eigenvalue weighted by molar-refractivity contribution is -0.159. The number of carboxylic acids is 2. The van der Waals surface area contributed by atoms with Crippen LogP contribution in [-0.2, 0) is 28.7 Å². The molecular formula is C18H32N2O8. The van der Waals surface area contributed by atoms with Crippen LogP contribution < -0.4 is 10.6 Å². The second-order valence-electron chi connectivity index (χ2n) is 7.05. The molecule has 0 saturated carbocycles. The maximum atomic E-state index is 11.1. The van der Waals surface area contributed by atoms with Gasteiger partial charge in [0, 0.05) is 13.1 Å². The molecule has 0 aliphatic carbocycles. The van der Waals surface area contributed by atoms with E-state index in [4.69, 9.17) is 19.8 Å². The Balaban J connectivity index is 0.000000411. The van der Waals surface area contributed by atoms with E-state index in [-0.39, 0.29) is 23.8 Å². The quantitative estimate of drug-likeness (QED) is 0.364. The largest absolute Gasteiger partial charge is 0.473 e. The van der Waals surface area contributed by atoms with Gasteiger partial charge in [0.15, 0.2) is 0 Å². The van der Waals surface area contributed by atoms with Gasteiger partial charge in [-0.05, 0) is 37.8 Å². The number of carboxylic acid groups (broad SMARTS) is 2. The van der Waals surface area contributed by atoms with Crippen molar-refractivity contribution in [1.29, 1.82) is 0 Å². The molecule has 0 amide bonds. The third kappa shape index (κ3) is 10.8. The standard InChI is InChI=1S/2C8H15NO2.C2H2O4/c2*1-6-3-7(5-9-4-6)8(10)11-2;3-1(4)2(5)6/h2*6-7,9H,3-5H2,1-2H3;(H,3,4)(H,5,6). The number of piperidine rings is 2. The number of methoxy groups -OCH3 is 2. The summed E-state index contributed by atoms with van der Waals surface area (Å²) in [4.78, 5) is 40.3. The minimum Gasteiger partial charge on any atom is -0.473 e. The topological polar surface area (TPSA) is 151 Å². The summed E-state index contributed by atoms with van der Waals surface area (Å²) in [5.74, 6) is -2.48. The molecule has 4 N–H and O–H groups in total. The Hall–Kier alpha value is -2.20. The lowest BCUT2D eigenvalue weighted by Gasteiger charge is -2.25. The van der Waals surface area contributed by atoms with Crippen LogP contribution in [0.5, 0.6) is 0 Å². The van der Waals surface area contributed by atoms with Gasteiger partial charge in [-0.1, -0.05) is 13.8 Å². The first-order chi connectivity index (χ1) is 13.1. The van der Waals surface area contributed by atoms with Gasteiger partial charge >= 0.3 is 23.9 Å². The molecule has 2 fully saturated rings. The van der Waals surface area contributed by atoms with Crippen molar-refractivity contribution < 1.29 is 38.9 Å². The Kier molecular flexibility index (Phi) is 12.8. The SMILES string of the molecule is COC(=O)C1CNCC(C)C1.COC(=O)C1CNCC(C)C1.O=C(O)C(=O)O. The van der Waals surface area contributed by atoms with Crippen LogP contribution in [0.2, 0.25) is 0 Å². The van der Waals surface area contributed by atoms with E-state index >= 15 is 0 Å². The van der Waals surface area contributed by atoms with Crippen molar-refractivity contribution in [3.05, 3.63) is 0 Å². The van der Waals surface area contributed by atoms with Crippen LogP contribution in [0.4, 0.5) is 0 Å². The summed E-state index contributed by atoms with van der Waals surface area (Å²) in [6.07, 6.45) is 1.92. The fourth-order valence-corrected chi connectivity index (χ4v) is 3.01. The van der Waals surface area contributed by atoms with Gasteiger partial charge in [-0.3, -0.25) is 9.59 Å². The molecule has 2 saturated heterocycles. The van der Waals surface area contributed by atoms with Crippen molar-refractivity contribution in [2.75, 3.05) is 40.4 Å². The van der Waals surface area contributed by atoms with Crippen LogP contribution in [0, 0.1) is 23.7 Å². The van der Waals surface area contributed by atoms with E-state index in [2.05, 4.69) is 34.0 Å². The Morgan fingerprint density at radius 2 is 1.04 bits per heavy atom. The van der Waals surface area contributed by atoms with Gasteiger partial charge in [0.1, 0.15) is 0 Å². The predicted octanol–water partition coefficient (Wildman–Crippen LogP) is -0.0344. The maximum absolute atomic E-state index is 11.1. The van der Waals surface area contributed by atoms with Crippen LogP contribution in [0.3, 0.4) is 0 Å². The van der Waals surface area contributed by atoms with Gasteiger partial charge in [0.2, 0.25) is 0 Å². The molecule has 0 bridgehead atoms. The van der Waals surface area contributed by atoms with Gasteiger partial charge in [0.25, 0.3) is 0 Å². The van der Waals surface area contributed by atoms with Gasteiger partial charge < -0.3 is 30.3 Å². The van der Waals surface area contributed by atoms with Crippen molar-refractivity contribution in [3.63, 3.8) is 0 Å². The highest BCUT2D eigenvalue weighted by molar-refractivity contribution is 6.27. The number of ether oxygens (including phenoxy) is 2. The molecule has 4 atom stereocenters. The first kappa shape index (κ1) is 25.8. The minimum atomic E-state index is -1.82. The molecule has 10 heteroatoms. The van der Waals surface area contributed by atoms with Crippen LogP contribution in [0.1, 0.15) is 26.7 Å². The molecule has 2 aliphatic rings. The lowest BCUT2D eigenvalue weighted by atomic mass is 9.92. The van der Waals surface area contributed by atoms with E-state index in [1.807, 2.05) is 0 Å². The zero-order valence-electron chi connectivity index (χ0n) is 16.9. The average molecular weight is 404 g/mol. The first-order valence-electron chi connectivity index (χ1n) is 9.15. The van der Waals surface area contributed by atoms with E-state index in [1.165, 1.54) is 14.2 Å². The van der Waals surface area contributed by atoms with E-state index in [1.54, 1.807) is 0 Å². The fourth-order valence-electron chi connectivity index (χ4n) is 3.01. The molecule has 0 spiro atoms. The highest BCUT2D eigenvalue weighted by Crippen LogP contribution is 2.17. The highest BCUT2D eigenvalue weighted by atomic mass is 16.5. The molecule has 28 heavy (non-hydrogen) atoms. The molecule has 0 radical (unpaired) electrons. The van der Waals surface area contributed by atoms with E-state index in [9.17, 15) is 9.59 Å². The number of hydrogen-bond acceptors (Lipinski definition) is 8. The van der Waals surface area contributed by atoms with Crippen LogP contribution in [0.15, 0.2) is 0 Å². The summed E-state index contributed by atoms with van der Waals surface area (Å²) in [7, 11) is 2.89. The predicted molar refractivity (Wildman–Crippen MR) is 99.6 cm³/mol. The zero-order chi connectivity index (χ0) is 21.7. The van der Waals surface area contributed by atoms with Crippen LogP contribution >= 0.6 is 0 Å². The summed E-state index contributed by atoms with van der Waals surface area (Å²) in [5.41, 5.74) is 0. The van der Waals surface area contributed by atoms with Crippen molar-refractivity contribution in [2.45, 2.75) is 26.7 Å². The molecule has 162 valence electrons. The molecule has 2 rings (SSSR count). The molecule has 0 aromatic rings. The van der Waals surface area contributed by atoms with E-state index < -0.39 is 11.9 Å². The van der Waals surface area contributed by atoms with Crippen LogP contribution in [0.25, 0.3) is 0 Å². The van der Waals surface area contributed by atoms with Crippen molar-refractivity contribution in [1.82, 2.24) is 10.6 Å². The van der Waals surface area contributed by atoms with E-state index in [0.29, 0.717) is 11.8 Å². The molecule has 0 aromatic heterocycles. The first-order valence-corrected chi connectivity index (χ1v) is 9.15. The van der Waals surface area contributed by atoms with Gasteiger partial charge in [-0.15, -0.1) is 0 Å². The Morgan fingerprint density at radius 1 is 0.714 bits per heavy atom. The summed E-state index contributed by atoms with van der Waals surface area (Å²) >= 11 is 0. The fraction of sp³-hybridized carbons (Fsp3) is 0.778. The van der Waals surface area contributed by atoms with E-state index in [0.717, 1.165) is 39.0 Å². The van der Waals surface area contributed by atoms with Gasteiger partial charge in [-0.2, -0.15) is 0 Å². The Bertz CT molecular complexity index is 480. The normalized spacial score (nSPS) is 26.3. The molecule has 0 aromatic carbocycles. The molecule has 10 nitrogen and oxygen atoms in total. The summed E-state index contributed by atoms with van der Waals surface area (Å²) in [6, 6.07) is 0. The number of esters is 2. The number of carbonyl (C=O) groups excluding carboxylic acids is 2. The highest BCUT2D eigenvalue weighted by Gasteiger charge is 2.25. The Morgan fingerprint density at radius 3 is 1.25 bits per heavy atom. The number of rotatable bonds is 2. The van der Waals surface area contributed by atoms with Crippen molar-refractivity contribution in [2.24, 2.45) is 23.7 Å². The summed E-state index contributed by atoms with van der Waals surface area (Å²) in [5, 5.41) is 21.2. The molecular weight excluding hydrogens is 372 g/mol. The van der Waals surface area contributed by atoms with Crippen LogP contribution in [-0.4, -0.2) is 74.5 Å². The minimum absolute atomic E-state index is 0.0729. The van der Waals surface area contributed by atoms with Crippen molar-refractivity contribution >= 4 is 23.9 Å². The molecule has 4 unspecified atom stereocenters. The molecule has 2 aliphatic heterocycles. The zero-order valence-corrected chi connectivity index (χ0v) is 16.9. The van der Waals surface area contributed by atoms with Crippen molar-refractivity contribution in [3.8, 4) is 0 Å². The number of carbonyl (C=O) groups is 4. The third-order valence-corrected chi connectivity index (χ3v) is 4.39. The number of aliphatic carboxylic acids is 2. The number of nitrogens with one attached hydrogen (secondary N) is 2. The summed E-state index contributed by atoms with van der Waals surface area (Å²) in [6.45, 7) is 7.87. The lowest BCUT2D eigenvalue weighted by Crippen LogP contribution is -2.39. The van der Waals surface area contributed by atoms with Gasteiger partial charge in [-0.25, -0.2) is 9.59 Å². The van der Waals surface area contributed by atoms with Gasteiger partial charge in [0.05, 0.1) is 26.1 Å². The smallest absolute Gasteiger partial charge is 0.414 e. The Labute approximate surface area is 165 Å². The third-order valence-electron chi connectivity index (χ3n) is 4.39.